The van der Waals surface area contributed by atoms with Gasteiger partial charge in [-0.1, -0.05) is 19.1 Å². The molecule has 2 heterocycles. The standard InChI is InChI=1S/C29H33NO6/c1-3-16-35-22-11-9-21(10-12-22)27(31)26(24-7-5-15-30-24)23-18-20(8-13-25(23)34-4-2)19-29(28(32)33)14-6-17-36-29/h5,7-13,15,18,26,30H,3-4,6,14,16-17,19H2,1-2H3,(H,32,33). The number of ketones is 1. The molecular weight excluding hydrogens is 458 g/mol. The van der Waals surface area contributed by atoms with Gasteiger partial charge in [0.1, 0.15) is 11.5 Å². The minimum absolute atomic E-state index is 0.0948. The minimum atomic E-state index is -1.25. The molecule has 3 aromatic rings. The smallest absolute Gasteiger partial charge is 0.336 e. The van der Waals surface area contributed by atoms with Crippen molar-refractivity contribution in [3.05, 3.63) is 83.2 Å². The van der Waals surface area contributed by atoms with Crippen LogP contribution in [0, 0.1) is 0 Å². The molecule has 36 heavy (non-hydrogen) atoms. The molecule has 1 aromatic heterocycles. The fourth-order valence-electron chi connectivity index (χ4n) is 4.71. The maximum Gasteiger partial charge on any atom is 0.336 e. The van der Waals surface area contributed by atoms with Crippen molar-refractivity contribution in [2.45, 2.75) is 51.0 Å². The first-order valence-electron chi connectivity index (χ1n) is 12.5. The SMILES string of the molecule is CCCOc1ccc(C(=O)C(c2ccc[nH]2)c2cc(CC3(C(=O)O)CCCO3)ccc2OCC)cc1. The summed E-state index contributed by atoms with van der Waals surface area (Å²) < 4.78 is 17.3. The topological polar surface area (TPSA) is 97.9 Å². The molecule has 0 saturated carbocycles. The highest BCUT2D eigenvalue weighted by Crippen LogP contribution is 2.37. The number of aromatic nitrogens is 1. The Kier molecular flexibility index (Phi) is 8.10. The predicted molar refractivity (Wildman–Crippen MR) is 136 cm³/mol. The van der Waals surface area contributed by atoms with Crippen LogP contribution in [-0.2, 0) is 16.0 Å². The normalized spacial score (nSPS) is 18.1. The van der Waals surface area contributed by atoms with Gasteiger partial charge in [0.25, 0.3) is 0 Å². The summed E-state index contributed by atoms with van der Waals surface area (Å²) in [5.41, 5.74) is 1.50. The van der Waals surface area contributed by atoms with Gasteiger partial charge >= 0.3 is 5.97 Å². The van der Waals surface area contributed by atoms with Gasteiger partial charge in [-0.25, -0.2) is 4.79 Å². The number of carbonyl (C=O) groups excluding carboxylic acids is 1. The number of hydrogen-bond acceptors (Lipinski definition) is 5. The van der Waals surface area contributed by atoms with Gasteiger partial charge in [-0.05, 0) is 74.2 Å². The number of benzene rings is 2. The predicted octanol–water partition coefficient (Wildman–Crippen LogP) is 5.39. The summed E-state index contributed by atoms with van der Waals surface area (Å²) in [7, 11) is 0. The Morgan fingerprint density at radius 1 is 1.11 bits per heavy atom. The highest BCUT2D eigenvalue weighted by atomic mass is 16.5. The molecule has 1 fully saturated rings. The fourth-order valence-corrected chi connectivity index (χ4v) is 4.71. The van der Waals surface area contributed by atoms with Crippen LogP contribution in [0.15, 0.2) is 60.8 Å². The lowest BCUT2D eigenvalue weighted by Crippen LogP contribution is -2.40. The Balaban J connectivity index is 1.73. The zero-order valence-corrected chi connectivity index (χ0v) is 20.8. The maximum absolute atomic E-state index is 13.9. The molecule has 1 aliphatic heterocycles. The number of nitrogens with one attached hydrogen (secondary N) is 1. The van der Waals surface area contributed by atoms with E-state index in [-0.39, 0.29) is 12.2 Å². The van der Waals surface area contributed by atoms with Gasteiger partial charge in [0.05, 0.1) is 19.1 Å². The number of carboxylic acid groups (broad SMARTS) is 1. The number of rotatable bonds is 12. The molecule has 4 rings (SSSR count). The second-order valence-corrected chi connectivity index (χ2v) is 9.03. The van der Waals surface area contributed by atoms with Crippen molar-refractivity contribution in [2.24, 2.45) is 0 Å². The first kappa shape index (κ1) is 25.5. The molecule has 2 N–H and O–H groups in total. The van der Waals surface area contributed by atoms with E-state index in [9.17, 15) is 14.7 Å². The van der Waals surface area contributed by atoms with Gasteiger partial charge in [-0.15, -0.1) is 0 Å². The second kappa shape index (κ2) is 11.4. The maximum atomic E-state index is 13.9. The zero-order valence-electron chi connectivity index (χ0n) is 20.8. The van der Waals surface area contributed by atoms with Crippen LogP contribution in [0.2, 0.25) is 0 Å². The summed E-state index contributed by atoms with van der Waals surface area (Å²) in [6.07, 6.45) is 4.07. The van der Waals surface area contributed by atoms with E-state index < -0.39 is 17.5 Å². The van der Waals surface area contributed by atoms with E-state index in [1.807, 2.05) is 56.3 Å². The summed E-state index contributed by atoms with van der Waals surface area (Å²) in [5.74, 6) is -0.402. The number of H-pyrrole nitrogens is 1. The quantitative estimate of drug-likeness (QED) is 0.330. The highest BCUT2D eigenvalue weighted by Gasteiger charge is 2.43. The average molecular weight is 492 g/mol. The lowest BCUT2D eigenvalue weighted by atomic mass is 9.84. The Bertz CT molecular complexity index is 1160. The van der Waals surface area contributed by atoms with Crippen molar-refractivity contribution in [3.63, 3.8) is 0 Å². The number of hydrogen-bond donors (Lipinski definition) is 2. The zero-order chi connectivity index (χ0) is 25.5. The first-order valence-corrected chi connectivity index (χ1v) is 12.5. The van der Waals surface area contributed by atoms with Crippen LogP contribution in [0.4, 0.5) is 0 Å². The molecule has 1 aliphatic rings. The number of aromatic amines is 1. The lowest BCUT2D eigenvalue weighted by Gasteiger charge is -2.25. The third-order valence-corrected chi connectivity index (χ3v) is 6.47. The summed E-state index contributed by atoms with van der Waals surface area (Å²) in [6.45, 7) is 5.41. The molecule has 0 aliphatic carbocycles. The van der Waals surface area contributed by atoms with Gasteiger partial charge < -0.3 is 24.3 Å². The third kappa shape index (κ3) is 5.46. The highest BCUT2D eigenvalue weighted by molar-refractivity contribution is 6.03. The number of aliphatic carboxylic acids is 1. The van der Waals surface area contributed by atoms with Crippen LogP contribution < -0.4 is 9.47 Å². The molecule has 0 bridgehead atoms. The van der Waals surface area contributed by atoms with Crippen LogP contribution in [0.3, 0.4) is 0 Å². The summed E-state index contributed by atoms with van der Waals surface area (Å²) in [6, 6.07) is 16.5. The number of carbonyl (C=O) groups is 2. The van der Waals surface area contributed by atoms with Gasteiger partial charge in [-0.3, -0.25) is 4.79 Å². The largest absolute Gasteiger partial charge is 0.494 e. The van der Waals surface area contributed by atoms with Crippen molar-refractivity contribution in [2.75, 3.05) is 19.8 Å². The molecule has 190 valence electrons. The van der Waals surface area contributed by atoms with Crippen LogP contribution in [0.5, 0.6) is 11.5 Å². The third-order valence-electron chi connectivity index (χ3n) is 6.47. The summed E-state index contributed by atoms with van der Waals surface area (Å²) in [4.78, 5) is 29.2. The van der Waals surface area contributed by atoms with Crippen molar-refractivity contribution in [1.29, 1.82) is 0 Å². The van der Waals surface area contributed by atoms with Gasteiger partial charge in [0.2, 0.25) is 0 Å². The average Bonchev–Trinajstić information content (AvgIpc) is 3.58. The Hall–Kier alpha value is -3.58. The molecule has 2 aromatic carbocycles. The first-order chi connectivity index (χ1) is 17.5. The molecule has 7 heteroatoms. The van der Waals surface area contributed by atoms with Crippen molar-refractivity contribution < 1.29 is 28.9 Å². The van der Waals surface area contributed by atoms with Crippen LogP contribution in [0.25, 0.3) is 0 Å². The monoisotopic (exact) mass is 491 g/mol. The molecule has 2 unspecified atom stereocenters. The molecule has 0 amide bonds. The van der Waals surface area contributed by atoms with E-state index in [0.29, 0.717) is 49.5 Å². The van der Waals surface area contributed by atoms with E-state index in [2.05, 4.69) is 4.98 Å². The molecule has 0 radical (unpaired) electrons. The summed E-state index contributed by atoms with van der Waals surface area (Å²) >= 11 is 0. The molecule has 0 spiro atoms. The number of ether oxygens (including phenoxy) is 3. The summed E-state index contributed by atoms with van der Waals surface area (Å²) in [5, 5.41) is 9.89. The molecule has 7 nitrogen and oxygen atoms in total. The van der Waals surface area contributed by atoms with E-state index in [4.69, 9.17) is 14.2 Å². The van der Waals surface area contributed by atoms with E-state index in [1.165, 1.54) is 0 Å². The Morgan fingerprint density at radius 2 is 1.92 bits per heavy atom. The van der Waals surface area contributed by atoms with Crippen LogP contribution >= 0.6 is 0 Å². The second-order valence-electron chi connectivity index (χ2n) is 9.03. The van der Waals surface area contributed by atoms with E-state index in [0.717, 1.165) is 23.4 Å². The molecule has 1 saturated heterocycles. The van der Waals surface area contributed by atoms with Crippen molar-refractivity contribution >= 4 is 11.8 Å². The van der Waals surface area contributed by atoms with Crippen molar-refractivity contribution in [1.82, 2.24) is 4.98 Å². The number of carboxylic acids is 1. The molecule has 2 atom stereocenters. The van der Waals surface area contributed by atoms with Crippen LogP contribution in [0.1, 0.15) is 66.2 Å². The van der Waals surface area contributed by atoms with Gasteiger partial charge in [-0.2, -0.15) is 0 Å². The Labute approximate surface area is 211 Å². The van der Waals surface area contributed by atoms with Crippen molar-refractivity contribution in [3.8, 4) is 11.5 Å². The minimum Gasteiger partial charge on any atom is -0.494 e. The van der Waals surface area contributed by atoms with Gasteiger partial charge in [0.15, 0.2) is 11.4 Å². The lowest BCUT2D eigenvalue weighted by molar-refractivity contribution is -0.159. The van der Waals surface area contributed by atoms with Crippen LogP contribution in [-0.4, -0.2) is 47.3 Å². The number of Topliss-reactive ketones (excluding diaryl/α,β-unsaturated/α-hetero) is 1. The van der Waals surface area contributed by atoms with E-state index in [1.54, 1.807) is 18.3 Å². The Morgan fingerprint density at radius 3 is 2.53 bits per heavy atom. The molecular formula is C29H33NO6. The fraction of sp³-hybridized carbons (Fsp3) is 0.379. The van der Waals surface area contributed by atoms with E-state index >= 15 is 0 Å². The van der Waals surface area contributed by atoms with Gasteiger partial charge in [0, 0.05) is 36.0 Å².